The summed E-state index contributed by atoms with van der Waals surface area (Å²) in [7, 11) is -1.49. The van der Waals surface area contributed by atoms with E-state index in [2.05, 4.69) is 43.9 Å². The summed E-state index contributed by atoms with van der Waals surface area (Å²) in [6, 6.07) is 8.54. The second-order valence-corrected chi connectivity index (χ2v) is 10.5. The lowest BCUT2D eigenvalue weighted by Crippen LogP contribution is -2.29. The third-order valence-electron chi connectivity index (χ3n) is 3.02. The van der Waals surface area contributed by atoms with Crippen LogP contribution in [0.4, 0.5) is 0 Å². The van der Waals surface area contributed by atoms with Gasteiger partial charge in [0.15, 0.2) is 0 Å². The van der Waals surface area contributed by atoms with E-state index in [-0.39, 0.29) is 6.04 Å². The van der Waals surface area contributed by atoms with Gasteiger partial charge in [-0.05, 0) is 49.7 Å². The summed E-state index contributed by atoms with van der Waals surface area (Å²) < 4.78 is 5.93. The van der Waals surface area contributed by atoms with Crippen LogP contribution in [0.1, 0.15) is 30.9 Å². The zero-order chi connectivity index (χ0) is 12.5. The van der Waals surface area contributed by atoms with Crippen LogP contribution in [0.5, 0.6) is 5.75 Å². The lowest BCUT2D eigenvalue weighted by molar-refractivity contribution is 0.555. The van der Waals surface area contributed by atoms with Gasteiger partial charge in [-0.3, -0.25) is 0 Å². The SMILES string of the molecule is C[Si](C)(C)Oc1ccc([C@H](N)CC2CC2)cc1. The average Bonchev–Trinajstić information content (AvgIpc) is 3.00. The van der Waals surface area contributed by atoms with E-state index in [1.165, 1.54) is 18.4 Å². The van der Waals surface area contributed by atoms with Gasteiger partial charge in [-0.2, -0.15) is 0 Å². The highest BCUT2D eigenvalue weighted by molar-refractivity contribution is 6.70. The van der Waals surface area contributed by atoms with Gasteiger partial charge in [-0.25, -0.2) is 0 Å². The third-order valence-corrected chi connectivity index (χ3v) is 3.86. The minimum atomic E-state index is -1.49. The molecule has 0 amide bonds. The van der Waals surface area contributed by atoms with Crippen molar-refractivity contribution in [3.63, 3.8) is 0 Å². The highest BCUT2D eigenvalue weighted by Crippen LogP contribution is 2.36. The molecule has 0 aromatic heterocycles. The molecule has 1 fully saturated rings. The standard InChI is InChI=1S/C14H23NOSi/c1-17(2,3)16-13-8-6-12(7-9-13)14(15)10-11-4-5-11/h6-9,11,14H,4-5,10,15H2,1-3H3/t14-/m1/s1. The predicted molar refractivity (Wildman–Crippen MR) is 74.7 cm³/mol. The molecule has 1 saturated carbocycles. The van der Waals surface area contributed by atoms with Gasteiger partial charge in [0.25, 0.3) is 0 Å². The van der Waals surface area contributed by atoms with Crippen molar-refractivity contribution < 1.29 is 4.43 Å². The molecule has 17 heavy (non-hydrogen) atoms. The molecule has 2 rings (SSSR count). The first-order valence-corrected chi connectivity index (χ1v) is 9.89. The zero-order valence-electron chi connectivity index (χ0n) is 11.1. The van der Waals surface area contributed by atoms with E-state index in [0.29, 0.717) is 0 Å². The Hall–Kier alpha value is -0.803. The lowest BCUT2D eigenvalue weighted by atomic mass is 10.0. The Kier molecular flexibility index (Phi) is 3.59. The number of nitrogens with two attached hydrogens (primary N) is 1. The van der Waals surface area contributed by atoms with Crippen molar-refractivity contribution in [2.75, 3.05) is 0 Å². The van der Waals surface area contributed by atoms with E-state index in [9.17, 15) is 0 Å². The topological polar surface area (TPSA) is 35.2 Å². The van der Waals surface area contributed by atoms with E-state index < -0.39 is 8.32 Å². The molecule has 0 unspecified atom stereocenters. The molecule has 2 N–H and O–H groups in total. The fourth-order valence-electron chi connectivity index (χ4n) is 1.99. The molecule has 1 aliphatic carbocycles. The number of benzene rings is 1. The summed E-state index contributed by atoms with van der Waals surface area (Å²) in [5, 5.41) is 0. The summed E-state index contributed by atoms with van der Waals surface area (Å²) in [5.41, 5.74) is 7.42. The quantitative estimate of drug-likeness (QED) is 0.808. The molecule has 2 nitrogen and oxygen atoms in total. The maximum atomic E-state index is 6.18. The van der Waals surface area contributed by atoms with Crippen molar-refractivity contribution in [1.29, 1.82) is 0 Å². The van der Waals surface area contributed by atoms with Gasteiger partial charge in [-0.1, -0.05) is 25.0 Å². The van der Waals surface area contributed by atoms with Crippen LogP contribution in [0.2, 0.25) is 19.6 Å². The van der Waals surface area contributed by atoms with Crippen LogP contribution < -0.4 is 10.2 Å². The Bertz CT molecular complexity index is 365. The Morgan fingerprint density at radius 3 is 2.29 bits per heavy atom. The number of hydrogen-bond acceptors (Lipinski definition) is 2. The Balaban J connectivity index is 1.96. The van der Waals surface area contributed by atoms with E-state index in [0.717, 1.165) is 18.1 Å². The molecule has 0 spiro atoms. The van der Waals surface area contributed by atoms with Crippen molar-refractivity contribution in [3.8, 4) is 5.75 Å². The molecule has 0 radical (unpaired) electrons. The summed E-state index contributed by atoms with van der Waals surface area (Å²) in [6.45, 7) is 6.58. The largest absolute Gasteiger partial charge is 0.544 e. The lowest BCUT2D eigenvalue weighted by Gasteiger charge is -2.20. The second-order valence-electron chi connectivity index (χ2n) is 6.07. The van der Waals surface area contributed by atoms with Gasteiger partial charge in [0.05, 0.1) is 0 Å². The van der Waals surface area contributed by atoms with Crippen molar-refractivity contribution in [2.24, 2.45) is 11.7 Å². The van der Waals surface area contributed by atoms with Gasteiger partial charge < -0.3 is 10.2 Å². The average molecular weight is 249 g/mol. The fourth-order valence-corrected chi connectivity index (χ4v) is 2.83. The van der Waals surface area contributed by atoms with Crippen LogP contribution in [-0.4, -0.2) is 8.32 Å². The molecule has 1 atom stereocenters. The van der Waals surface area contributed by atoms with Crippen molar-refractivity contribution in [3.05, 3.63) is 29.8 Å². The first-order chi connectivity index (χ1) is 7.94. The van der Waals surface area contributed by atoms with Crippen LogP contribution in [0, 0.1) is 5.92 Å². The summed E-state index contributed by atoms with van der Waals surface area (Å²) in [5.74, 6) is 1.86. The Morgan fingerprint density at radius 2 is 1.82 bits per heavy atom. The van der Waals surface area contributed by atoms with E-state index in [1.807, 2.05) is 0 Å². The first-order valence-electron chi connectivity index (χ1n) is 6.48. The normalized spacial score (nSPS) is 17.9. The monoisotopic (exact) mass is 249 g/mol. The zero-order valence-corrected chi connectivity index (χ0v) is 12.1. The smallest absolute Gasteiger partial charge is 0.242 e. The van der Waals surface area contributed by atoms with E-state index >= 15 is 0 Å². The molecule has 1 aromatic rings. The summed E-state index contributed by atoms with van der Waals surface area (Å²) in [6.07, 6.45) is 3.86. The van der Waals surface area contributed by atoms with Crippen LogP contribution >= 0.6 is 0 Å². The number of hydrogen-bond donors (Lipinski definition) is 1. The molecule has 0 saturated heterocycles. The Labute approximate surface area is 105 Å². The second kappa shape index (κ2) is 4.82. The van der Waals surface area contributed by atoms with Crippen molar-refractivity contribution in [2.45, 2.75) is 44.9 Å². The van der Waals surface area contributed by atoms with Crippen molar-refractivity contribution >= 4 is 8.32 Å². The molecular formula is C14H23NOSi. The fraction of sp³-hybridized carbons (Fsp3) is 0.571. The van der Waals surface area contributed by atoms with E-state index in [1.54, 1.807) is 0 Å². The minimum absolute atomic E-state index is 0.198. The molecule has 94 valence electrons. The maximum Gasteiger partial charge on any atom is 0.242 e. The predicted octanol–water partition coefficient (Wildman–Crippen LogP) is 3.70. The maximum absolute atomic E-state index is 6.18. The van der Waals surface area contributed by atoms with Crippen LogP contribution in [0.3, 0.4) is 0 Å². The summed E-state index contributed by atoms with van der Waals surface area (Å²) >= 11 is 0. The Morgan fingerprint density at radius 1 is 1.24 bits per heavy atom. The van der Waals surface area contributed by atoms with Gasteiger partial charge in [0.1, 0.15) is 5.75 Å². The van der Waals surface area contributed by atoms with Gasteiger partial charge in [0, 0.05) is 6.04 Å². The summed E-state index contributed by atoms with van der Waals surface area (Å²) in [4.78, 5) is 0. The molecule has 0 heterocycles. The number of rotatable bonds is 5. The molecular weight excluding hydrogens is 226 g/mol. The highest BCUT2D eigenvalue weighted by Gasteiger charge is 2.24. The van der Waals surface area contributed by atoms with Gasteiger partial charge in [-0.15, -0.1) is 0 Å². The van der Waals surface area contributed by atoms with Crippen LogP contribution in [0.15, 0.2) is 24.3 Å². The van der Waals surface area contributed by atoms with Gasteiger partial charge in [0.2, 0.25) is 8.32 Å². The van der Waals surface area contributed by atoms with Crippen molar-refractivity contribution in [1.82, 2.24) is 0 Å². The molecule has 0 bridgehead atoms. The highest BCUT2D eigenvalue weighted by atomic mass is 28.4. The molecule has 3 heteroatoms. The van der Waals surface area contributed by atoms with Crippen LogP contribution in [-0.2, 0) is 0 Å². The van der Waals surface area contributed by atoms with Gasteiger partial charge >= 0.3 is 0 Å². The minimum Gasteiger partial charge on any atom is -0.544 e. The molecule has 0 aliphatic heterocycles. The van der Waals surface area contributed by atoms with E-state index in [4.69, 9.17) is 10.2 Å². The first kappa shape index (κ1) is 12.6. The molecule has 1 aliphatic rings. The third kappa shape index (κ3) is 4.17. The van der Waals surface area contributed by atoms with Crippen LogP contribution in [0.25, 0.3) is 0 Å². The molecule has 1 aromatic carbocycles.